The highest BCUT2D eigenvalue weighted by Crippen LogP contribution is 2.29. The Balaban J connectivity index is 1.58. The van der Waals surface area contributed by atoms with Gasteiger partial charge in [-0.2, -0.15) is 4.98 Å². The molecule has 1 aliphatic rings. The second kappa shape index (κ2) is 10.7. The van der Waals surface area contributed by atoms with Gasteiger partial charge in [0.25, 0.3) is 0 Å². The van der Waals surface area contributed by atoms with Crippen molar-refractivity contribution in [2.75, 3.05) is 11.4 Å². The summed E-state index contributed by atoms with van der Waals surface area (Å²) in [6.07, 6.45) is 5.35. The summed E-state index contributed by atoms with van der Waals surface area (Å²) in [5.74, 6) is 1.06. The molecule has 0 radical (unpaired) electrons. The van der Waals surface area contributed by atoms with Gasteiger partial charge in [0.05, 0.1) is 4.47 Å². The molecule has 0 unspecified atom stereocenters. The van der Waals surface area contributed by atoms with Crippen LogP contribution in [-0.2, 0) is 21.4 Å². The number of Topliss-reactive ketones (excluding diaryl/α,β-unsaturated/α-hetero) is 1. The average molecular weight is 508 g/mol. The second-order valence-electron chi connectivity index (χ2n) is 9.47. The van der Waals surface area contributed by atoms with Crippen LogP contribution in [0.4, 0.5) is 10.1 Å². The highest BCUT2D eigenvalue weighted by Gasteiger charge is 2.29. The molecule has 0 saturated heterocycles. The van der Waals surface area contributed by atoms with E-state index in [0.29, 0.717) is 60.5 Å². The standard InChI is InChI=1S/C24H31BrFN3O3/c1-24(2,3)23-27-21(32-28-23)7-5-4-6-14-29(17-10-13-20(26)19(25)15-17)22(31)16-8-11-18(30)12-9-16/h10,13,15-16H,4-9,11-12,14H2,1-3H3. The van der Waals surface area contributed by atoms with Crippen LogP contribution in [0.25, 0.3) is 0 Å². The number of aryl methyl sites for hydroxylation is 1. The van der Waals surface area contributed by atoms with Gasteiger partial charge in [0.15, 0.2) is 5.82 Å². The van der Waals surface area contributed by atoms with Gasteiger partial charge < -0.3 is 9.42 Å². The van der Waals surface area contributed by atoms with Crippen LogP contribution in [0.1, 0.15) is 77.4 Å². The largest absolute Gasteiger partial charge is 0.339 e. The summed E-state index contributed by atoms with van der Waals surface area (Å²) >= 11 is 3.22. The van der Waals surface area contributed by atoms with E-state index in [-0.39, 0.29) is 28.8 Å². The summed E-state index contributed by atoms with van der Waals surface area (Å²) in [5, 5.41) is 4.05. The summed E-state index contributed by atoms with van der Waals surface area (Å²) in [6.45, 7) is 6.67. The molecule has 6 nitrogen and oxygen atoms in total. The van der Waals surface area contributed by atoms with Crippen LogP contribution in [0.3, 0.4) is 0 Å². The van der Waals surface area contributed by atoms with Gasteiger partial charge in [0, 0.05) is 42.8 Å². The monoisotopic (exact) mass is 507 g/mol. The smallest absolute Gasteiger partial charge is 0.230 e. The van der Waals surface area contributed by atoms with Gasteiger partial charge >= 0.3 is 0 Å². The van der Waals surface area contributed by atoms with Crippen molar-refractivity contribution in [2.24, 2.45) is 5.92 Å². The molecule has 0 atom stereocenters. The molecular weight excluding hydrogens is 477 g/mol. The molecule has 8 heteroatoms. The number of carbonyl (C=O) groups excluding carboxylic acids is 2. The van der Waals surface area contributed by atoms with E-state index in [9.17, 15) is 14.0 Å². The van der Waals surface area contributed by atoms with Crippen LogP contribution >= 0.6 is 15.9 Å². The number of amides is 1. The van der Waals surface area contributed by atoms with E-state index >= 15 is 0 Å². The number of aromatic nitrogens is 2. The predicted octanol–water partition coefficient (Wildman–Crippen LogP) is 5.77. The van der Waals surface area contributed by atoms with Crippen molar-refractivity contribution in [2.45, 2.75) is 77.6 Å². The molecule has 1 saturated carbocycles. The first-order valence-corrected chi connectivity index (χ1v) is 12.1. The lowest BCUT2D eigenvalue weighted by Crippen LogP contribution is -2.38. The first-order chi connectivity index (χ1) is 15.1. The minimum absolute atomic E-state index is 0.0164. The fourth-order valence-electron chi connectivity index (χ4n) is 3.81. The number of ketones is 1. The van der Waals surface area contributed by atoms with E-state index < -0.39 is 0 Å². The SMILES string of the molecule is CC(C)(C)c1noc(CCCCCN(C(=O)C2CCC(=O)CC2)c2ccc(F)c(Br)c2)n1. The number of hydrogen-bond donors (Lipinski definition) is 0. The van der Waals surface area contributed by atoms with Crippen molar-refractivity contribution in [1.82, 2.24) is 10.1 Å². The molecular formula is C24H31BrFN3O3. The molecule has 0 bridgehead atoms. The summed E-state index contributed by atoms with van der Waals surface area (Å²) in [7, 11) is 0. The first-order valence-electron chi connectivity index (χ1n) is 11.3. The Labute approximate surface area is 197 Å². The summed E-state index contributed by atoms with van der Waals surface area (Å²) in [4.78, 5) is 31.0. The van der Waals surface area contributed by atoms with E-state index in [2.05, 4.69) is 26.1 Å². The highest BCUT2D eigenvalue weighted by atomic mass is 79.9. The van der Waals surface area contributed by atoms with Gasteiger partial charge in [-0.1, -0.05) is 32.3 Å². The van der Waals surface area contributed by atoms with E-state index in [4.69, 9.17) is 4.52 Å². The molecule has 0 N–H and O–H groups in total. The maximum Gasteiger partial charge on any atom is 0.230 e. The van der Waals surface area contributed by atoms with Crippen LogP contribution < -0.4 is 4.90 Å². The Kier molecular flexibility index (Phi) is 8.20. The molecule has 32 heavy (non-hydrogen) atoms. The Hall–Kier alpha value is -2.09. The summed E-state index contributed by atoms with van der Waals surface area (Å²) in [5.41, 5.74) is 0.530. The zero-order chi connectivity index (χ0) is 23.3. The van der Waals surface area contributed by atoms with E-state index in [0.717, 1.165) is 19.3 Å². The fraction of sp³-hybridized carbons (Fsp3) is 0.583. The zero-order valence-corrected chi connectivity index (χ0v) is 20.6. The third-order valence-electron chi connectivity index (χ3n) is 5.78. The van der Waals surface area contributed by atoms with Crippen molar-refractivity contribution in [1.29, 1.82) is 0 Å². The van der Waals surface area contributed by atoms with Gasteiger partial charge in [-0.05, 0) is 59.8 Å². The number of benzene rings is 1. The van der Waals surface area contributed by atoms with Crippen molar-refractivity contribution in [3.05, 3.63) is 40.2 Å². The van der Waals surface area contributed by atoms with Crippen molar-refractivity contribution >= 4 is 33.3 Å². The second-order valence-corrected chi connectivity index (χ2v) is 10.3. The van der Waals surface area contributed by atoms with Gasteiger partial charge in [-0.3, -0.25) is 9.59 Å². The number of anilines is 1. The van der Waals surface area contributed by atoms with Crippen molar-refractivity contribution in [3.8, 4) is 0 Å². The molecule has 174 valence electrons. The Morgan fingerprint density at radius 2 is 1.94 bits per heavy atom. The quantitative estimate of drug-likeness (QED) is 0.423. The Morgan fingerprint density at radius 3 is 2.56 bits per heavy atom. The first kappa shape index (κ1) is 24.6. The molecule has 1 amide bonds. The average Bonchev–Trinajstić information content (AvgIpc) is 3.22. The predicted molar refractivity (Wildman–Crippen MR) is 124 cm³/mol. The van der Waals surface area contributed by atoms with Crippen molar-refractivity contribution < 1.29 is 18.5 Å². The maximum absolute atomic E-state index is 13.7. The minimum Gasteiger partial charge on any atom is -0.339 e. The highest BCUT2D eigenvalue weighted by molar-refractivity contribution is 9.10. The number of hydrogen-bond acceptors (Lipinski definition) is 5. The fourth-order valence-corrected chi connectivity index (χ4v) is 4.18. The minimum atomic E-state index is -0.362. The molecule has 1 aliphatic carbocycles. The van der Waals surface area contributed by atoms with Gasteiger partial charge in [-0.15, -0.1) is 0 Å². The number of rotatable bonds is 8. The van der Waals surface area contributed by atoms with Gasteiger partial charge in [0.1, 0.15) is 11.6 Å². The normalized spacial score (nSPS) is 15.2. The van der Waals surface area contributed by atoms with Gasteiger partial charge in [-0.25, -0.2) is 4.39 Å². The maximum atomic E-state index is 13.7. The lowest BCUT2D eigenvalue weighted by Gasteiger charge is -2.29. The van der Waals surface area contributed by atoms with E-state index in [1.54, 1.807) is 17.0 Å². The number of halogens is 2. The van der Waals surface area contributed by atoms with Crippen LogP contribution in [-0.4, -0.2) is 28.4 Å². The number of nitrogens with zero attached hydrogens (tertiary/aromatic N) is 3. The topological polar surface area (TPSA) is 76.3 Å². The Bertz CT molecular complexity index is 944. The van der Waals surface area contributed by atoms with Crippen LogP contribution in [0.5, 0.6) is 0 Å². The van der Waals surface area contributed by atoms with Gasteiger partial charge in [0.2, 0.25) is 11.8 Å². The third kappa shape index (κ3) is 6.47. The van der Waals surface area contributed by atoms with Crippen LogP contribution in [0.15, 0.2) is 27.2 Å². The van der Waals surface area contributed by atoms with E-state index in [1.165, 1.54) is 6.07 Å². The summed E-state index contributed by atoms with van der Waals surface area (Å²) < 4.78 is 19.4. The van der Waals surface area contributed by atoms with Crippen LogP contribution in [0.2, 0.25) is 0 Å². The lowest BCUT2D eigenvalue weighted by atomic mass is 9.87. The number of carbonyl (C=O) groups is 2. The molecule has 0 aliphatic heterocycles. The lowest BCUT2D eigenvalue weighted by molar-refractivity contribution is -0.126. The molecule has 1 fully saturated rings. The third-order valence-corrected chi connectivity index (χ3v) is 6.39. The van der Waals surface area contributed by atoms with Crippen molar-refractivity contribution in [3.63, 3.8) is 0 Å². The van der Waals surface area contributed by atoms with E-state index in [1.807, 2.05) is 20.8 Å². The summed E-state index contributed by atoms with van der Waals surface area (Å²) in [6, 6.07) is 4.65. The molecule has 1 aromatic carbocycles. The molecule has 2 aromatic rings. The molecule has 1 aromatic heterocycles. The zero-order valence-electron chi connectivity index (χ0n) is 19.0. The molecule has 1 heterocycles. The molecule has 3 rings (SSSR count). The number of unbranched alkanes of at least 4 members (excludes halogenated alkanes) is 2. The van der Waals surface area contributed by atoms with Crippen LogP contribution in [0, 0.1) is 11.7 Å². The Morgan fingerprint density at radius 1 is 1.22 bits per heavy atom. The molecule has 0 spiro atoms.